The maximum Gasteiger partial charge on any atom is 0.312 e. The number of thioether (sulfide) groups is 1. The zero-order chi connectivity index (χ0) is 53.9. The van der Waals surface area contributed by atoms with Gasteiger partial charge in [0, 0.05) is 48.6 Å². The first-order valence-electron chi connectivity index (χ1n) is 26.1. The van der Waals surface area contributed by atoms with Gasteiger partial charge in [-0.05, 0) is 60.0 Å². The molecule has 3 aromatic rings. The number of primary amides is 1. The van der Waals surface area contributed by atoms with Crippen molar-refractivity contribution < 1.29 is 47.7 Å². The standard InChI is InChI=1S/C55H85N7O10S/c1-11-41-18-13-14-20-43(41)50-40(10)61-62(52(50)44-21-16-15-19-42(44)39(9)48(64)34-36(3)4)25-27-70-29-31-72-33-32-71-30-28-69-26-23-49(65)60-51(37(5)6)54(67)58-45(22-17-24-57-55(56)68)53(66)59-46(47(63)12-2)35-73-38(7)8/h13-16,18-21,36-39,45-46,51H,11-12,17,22-35H2,1-10H3,(H,58,67)(H,59,66)(H,60,65)(H3,56,57,68). The molecule has 0 spiro atoms. The number of rotatable bonds is 37. The molecule has 0 radical (unpaired) electrons. The number of hydrogen-bond donors (Lipinski definition) is 5. The van der Waals surface area contributed by atoms with Crippen LogP contribution in [0.1, 0.15) is 117 Å². The number of aryl methyl sites for hydroxylation is 2. The van der Waals surface area contributed by atoms with E-state index in [9.17, 15) is 28.8 Å². The summed E-state index contributed by atoms with van der Waals surface area (Å²) in [6.07, 6.45) is 2.11. The van der Waals surface area contributed by atoms with E-state index < -0.39 is 41.9 Å². The fourth-order valence-electron chi connectivity index (χ4n) is 8.18. The van der Waals surface area contributed by atoms with E-state index in [0.717, 1.165) is 40.1 Å². The highest BCUT2D eigenvalue weighted by atomic mass is 32.2. The SMILES string of the molecule is CCC(=O)C(CSC(C)C)NC(=O)C(CCCNC(N)=O)NC(=O)C(NC(=O)CCOCCOCCOCCOCCn1nc(C)c(-c2ccccc2CC)c1-c1ccccc1C(C)C(=O)CC(C)C)C(C)C. The van der Waals surface area contributed by atoms with Crippen LogP contribution in [0.25, 0.3) is 22.4 Å². The molecule has 4 atom stereocenters. The lowest BCUT2D eigenvalue weighted by atomic mass is 9.85. The normalized spacial score (nSPS) is 13.2. The molecular weight excluding hydrogens is 951 g/mol. The molecule has 0 aliphatic rings. The summed E-state index contributed by atoms with van der Waals surface area (Å²) in [5.74, 6) is -1.30. The summed E-state index contributed by atoms with van der Waals surface area (Å²) in [5.41, 5.74) is 12.5. The molecule has 1 aromatic heterocycles. The Kier molecular flexibility index (Phi) is 28.6. The zero-order valence-corrected chi connectivity index (χ0v) is 46.0. The number of aromatic nitrogens is 2. The van der Waals surface area contributed by atoms with E-state index in [4.69, 9.17) is 29.8 Å². The minimum atomic E-state index is -1.03. The number of benzene rings is 2. The van der Waals surface area contributed by atoms with Crippen LogP contribution in [-0.4, -0.2) is 134 Å². The van der Waals surface area contributed by atoms with Gasteiger partial charge in [-0.3, -0.25) is 28.7 Å². The van der Waals surface area contributed by atoms with Crippen molar-refractivity contribution in [1.29, 1.82) is 0 Å². The monoisotopic (exact) mass is 1040 g/mol. The minimum absolute atomic E-state index is 0.00210. The van der Waals surface area contributed by atoms with Gasteiger partial charge in [0.1, 0.15) is 17.9 Å². The Morgan fingerprint density at radius 1 is 0.712 bits per heavy atom. The molecule has 1 heterocycles. The van der Waals surface area contributed by atoms with Crippen LogP contribution >= 0.6 is 11.8 Å². The van der Waals surface area contributed by atoms with Gasteiger partial charge in [0.25, 0.3) is 0 Å². The Bertz CT molecular complexity index is 2200. The van der Waals surface area contributed by atoms with Crippen LogP contribution in [0.15, 0.2) is 48.5 Å². The largest absolute Gasteiger partial charge is 0.379 e. The molecule has 4 unspecified atom stereocenters. The third kappa shape index (κ3) is 21.7. The quantitative estimate of drug-likeness (QED) is 0.0370. The highest BCUT2D eigenvalue weighted by molar-refractivity contribution is 7.99. The Morgan fingerprint density at radius 3 is 1.89 bits per heavy atom. The van der Waals surface area contributed by atoms with Crippen LogP contribution in [0.5, 0.6) is 0 Å². The van der Waals surface area contributed by atoms with Gasteiger partial charge in [-0.25, -0.2) is 4.79 Å². The first-order chi connectivity index (χ1) is 34.9. The third-order valence-corrected chi connectivity index (χ3v) is 13.3. The molecule has 73 heavy (non-hydrogen) atoms. The lowest BCUT2D eigenvalue weighted by Crippen LogP contribution is -2.57. The molecule has 6 N–H and O–H groups in total. The summed E-state index contributed by atoms with van der Waals surface area (Å²) in [6.45, 7) is 22.9. The van der Waals surface area contributed by atoms with Crippen molar-refractivity contribution in [3.05, 3.63) is 65.4 Å². The molecule has 0 fully saturated rings. The van der Waals surface area contributed by atoms with Crippen molar-refractivity contribution in [3.63, 3.8) is 0 Å². The number of amides is 5. The number of nitrogens with two attached hydrogens (primary N) is 1. The molecule has 406 valence electrons. The molecule has 3 rings (SSSR count). The van der Waals surface area contributed by atoms with E-state index in [2.05, 4.69) is 78.4 Å². The molecule has 18 heteroatoms. The summed E-state index contributed by atoms with van der Waals surface area (Å²) in [4.78, 5) is 77.3. The maximum atomic E-state index is 13.6. The van der Waals surface area contributed by atoms with Gasteiger partial charge < -0.3 is 45.9 Å². The topological polar surface area (TPSA) is 231 Å². The third-order valence-electron chi connectivity index (χ3n) is 12.1. The van der Waals surface area contributed by atoms with Gasteiger partial charge >= 0.3 is 6.03 Å². The van der Waals surface area contributed by atoms with Gasteiger partial charge in [0.2, 0.25) is 17.7 Å². The first kappa shape index (κ1) is 62.2. The summed E-state index contributed by atoms with van der Waals surface area (Å²) in [6, 6.07) is 13.2. The number of nitrogens with one attached hydrogen (secondary N) is 4. The molecule has 17 nitrogen and oxygen atoms in total. The van der Waals surface area contributed by atoms with Gasteiger partial charge in [-0.2, -0.15) is 16.9 Å². The van der Waals surface area contributed by atoms with Crippen molar-refractivity contribution >= 4 is 47.1 Å². The Balaban J connectivity index is 1.43. The number of carbonyl (C=O) groups excluding carboxylic acids is 6. The molecule has 0 saturated heterocycles. The Hall–Kier alpha value is -5.14. The van der Waals surface area contributed by atoms with Gasteiger partial charge in [0.05, 0.1) is 76.8 Å². The van der Waals surface area contributed by atoms with E-state index in [1.807, 2.05) is 44.5 Å². The van der Waals surface area contributed by atoms with Crippen LogP contribution in [0.3, 0.4) is 0 Å². The second-order valence-corrected chi connectivity index (χ2v) is 20.8. The summed E-state index contributed by atoms with van der Waals surface area (Å²) >= 11 is 1.54. The first-order valence-corrected chi connectivity index (χ1v) is 27.1. The molecule has 5 amide bonds. The van der Waals surface area contributed by atoms with E-state index in [1.165, 1.54) is 5.56 Å². The van der Waals surface area contributed by atoms with Crippen LogP contribution in [-0.2, 0) is 55.9 Å². The molecule has 0 bridgehead atoms. The number of urea groups is 1. The number of carbonyl (C=O) groups is 6. The Morgan fingerprint density at radius 2 is 1.30 bits per heavy atom. The fraction of sp³-hybridized carbons (Fsp3) is 0.618. The number of hydrogen-bond acceptors (Lipinski definition) is 12. The highest BCUT2D eigenvalue weighted by Crippen LogP contribution is 2.40. The Labute approximate surface area is 438 Å². The predicted molar refractivity (Wildman–Crippen MR) is 288 cm³/mol. The van der Waals surface area contributed by atoms with E-state index in [0.29, 0.717) is 64.8 Å². The van der Waals surface area contributed by atoms with E-state index >= 15 is 0 Å². The molecular formula is C55H85N7O10S. The fourth-order valence-corrected chi connectivity index (χ4v) is 9.03. The van der Waals surface area contributed by atoms with Crippen molar-refractivity contribution in [1.82, 2.24) is 31.0 Å². The van der Waals surface area contributed by atoms with Gasteiger partial charge in [-0.15, -0.1) is 0 Å². The zero-order valence-electron chi connectivity index (χ0n) is 45.1. The lowest BCUT2D eigenvalue weighted by molar-refractivity contribution is -0.134. The van der Waals surface area contributed by atoms with Crippen LogP contribution < -0.4 is 27.0 Å². The molecule has 2 aromatic carbocycles. The van der Waals surface area contributed by atoms with Crippen molar-refractivity contribution in [2.24, 2.45) is 17.6 Å². The summed E-state index contributed by atoms with van der Waals surface area (Å²) in [7, 11) is 0. The molecule has 0 aliphatic carbocycles. The molecule has 0 saturated carbocycles. The minimum Gasteiger partial charge on any atom is -0.379 e. The lowest BCUT2D eigenvalue weighted by Gasteiger charge is -2.27. The number of nitrogens with zero attached hydrogens (tertiary/aromatic N) is 2. The summed E-state index contributed by atoms with van der Waals surface area (Å²) in [5, 5.41) is 16.1. The van der Waals surface area contributed by atoms with Crippen molar-refractivity contribution in [3.8, 4) is 22.4 Å². The molecule has 0 aliphatic heterocycles. The van der Waals surface area contributed by atoms with Crippen molar-refractivity contribution in [2.45, 2.75) is 144 Å². The van der Waals surface area contributed by atoms with E-state index in [1.54, 1.807) is 32.5 Å². The van der Waals surface area contributed by atoms with Crippen LogP contribution in [0, 0.1) is 18.8 Å². The number of ether oxygens (including phenoxy) is 4. The van der Waals surface area contributed by atoms with Crippen molar-refractivity contribution in [2.75, 3.05) is 65.2 Å². The summed E-state index contributed by atoms with van der Waals surface area (Å²) < 4.78 is 25.0. The average Bonchev–Trinajstić information content (AvgIpc) is 3.68. The van der Waals surface area contributed by atoms with E-state index in [-0.39, 0.29) is 73.6 Å². The van der Waals surface area contributed by atoms with Crippen LogP contribution in [0.4, 0.5) is 4.79 Å². The average molecular weight is 1040 g/mol. The maximum absolute atomic E-state index is 13.6. The second-order valence-electron chi connectivity index (χ2n) is 19.2. The van der Waals surface area contributed by atoms with Gasteiger partial charge in [0.15, 0.2) is 5.78 Å². The number of ketones is 2. The van der Waals surface area contributed by atoms with Gasteiger partial charge in [-0.1, -0.05) is 111 Å². The second kappa shape index (κ2) is 33.6. The highest BCUT2D eigenvalue weighted by Gasteiger charge is 2.31. The predicted octanol–water partition coefficient (Wildman–Crippen LogP) is 6.94. The number of Topliss-reactive ketones (excluding diaryl/α,β-unsaturated/α-hetero) is 2. The smallest absolute Gasteiger partial charge is 0.312 e. The van der Waals surface area contributed by atoms with Crippen LogP contribution in [0.2, 0.25) is 0 Å².